The van der Waals surface area contributed by atoms with E-state index in [1.165, 1.54) is 4.88 Å². The molecule has 3 aromatic rings. The highest BCUT2D eigenvalue weighted by molar-refractivity contribution is 7.11. The summed E-state index contributed by atoms with van der Waals surface area (Å²) in [5.41, 5.74) is 3.26. The second-order valence-electron chi connectivity index (χ2n) is 5.51. The summed E-state index contributed by atoms with van der Waals surface area (Å²) >= 11 is 1.72. The second-order valence-corrected chi connectivity index (χ2v) is 6.80. The van der Waals surface area contributed by atoms with Gasteiger partial charge in [0.25, 0.3) is 0 Å². The van der Waals surface area contributed by atoms with E-state index < -0.39 is 0 Å². The number of nitrogens with zero attached hydrogens (tertiary/aromatic N) is 3. The van der Waals surface area contributed by atoms with Crippen molar-refractivity contribution in [1.29, 1.82) is 0 Å². The fourth-order valence-corrected chi connectivity index (χ4v) is 3.49. The lowest BCUT2D eigenvalue weighted by molar-refractivity contribution is 0.813. The van der Waals surface area contributed by atoms with E-state index >= 15 is 0 Å². The number of guanidine groups is 1. The van der Waals surface area contributed by atoms with Crippen molar-refractivity contribution in [3.8, 4) is 0 Å². The smallest absolute Gasteiger partial charge is 0.191 e. The van der Waals surface area contributed by atoms with Crippen LogP contribution in [0.15, 0.2) is 41.5 Å². The molecule has 0 saturated heterocycles. The lowest BCUT2D eigenvalue weighted by Crippen LogP contribution is -2.36. The Hall–Kier alpha value is -2.47. The number of aromatic nitrogens is 2. The first-order valence-corrected chi connectivity index (χ1v) is 8.69. The van der Waals surface area contributed by atoms with Crippen LogP contribution in [0.25, 0.3) is 10.9 Å². The quantitative estimate of drug-likeness (QED) is 0.566. The number of pyridine rings is 1. The van der Waals surface area contributed by atoms with Crippen LogP contribution >= 0.6 is 11.3 Å². The molecular formula is C18H21N5S. The number of rotatable bonds is 4. The molecule has 2 heterocycles. The average Bonchev–Trinajstić information content (AvgIpc) is 2.92. The first-order valence-electron chi connectivity index (χ1n) is 7.87. The largest absolute Gasteiger partial charge is 0.352 e. The number of aliphatic imine (C=N–C) groups is 1. The zero-order valence-electron chi connectivity index (χ0n) is 14.1. The van der Waals surface area contributed by atoms with Gasteiger partial charge in [0.15, 0.2) is 5.96 Å². The number of hydrogen-bond donors (Lipinski definition) is 2. The molecule has 2 aromatic heterocycles. The second kappa shape index (κ2) is 7.40. The molecule has 0 bridgehead atoms. The maximum absolute atomic E-state index is 4.49. The Kier molecular flexibility index (Phi) is 5.05. The Morgan fingerprint density at radius 1 is 1.12 bits per heavy atom. The maximum atomic E-state index is 4.49. The van der Waals surface area contributed by atoms with Crippen molar-refractivity contribution < 1.29 is 0 Å². The van der Waals surface area contributed by atoms with Crippen molar-refractivity contribution in [3.05, 3.63) is 57.7 Å². The Labute approximate surface area is 145 Å². The molecule has 1 aromatic carbocycles. The predicted octanol–water partition coefficient (Wildman–Crippen LogP) is 3.17. The molecule has 0 aliphatic rings. The molecule has 6 heteroatoms. The molecule has 0 spiro atoms. The van der Waals surface area contributed by atoms with Crippen LogP contribution in [0.1, 0.15) is 21.1 Å². The summed E-state index contributed by atoms with van der Waals surface area (Å²) in [4.78, 5) is 14.5. The number of fused-ring (bicyclic) bond motifs is 1. The third kappa shape index (κ3) is 3.71. The molecule has 0 saturated carbocycles. The Morgan fingerprint density at radius 2 is 1.92 bits per heavy atom. The highest BCUT2D eigenvalue weighted by Crippen LogP contribution is 2.17. The Bertz CT molecular complexity index is 863. The summed E-state index contributed by atoms with van der Waals surface area (Å²) in [5, 5.41) is 8.94. The molecule has 0 radical (unpaired) electrons. The highest BCUT2D eigenvalue weighted by Gasteiger charge is 2.07. The van der Waals surface area contributed by atoms with Crippen LogP contribution in [-0.2, 0) is 13.1 Å². The van der Waals surface area contributed by atoms with E-state index in [2.05, 4.69) is 49.9 Å². The van der Waals surface area contributed by atoms with E-state index in [0.717, 1.165) is 39.7 Å². The number of thiazole rings is 1. The standard InChI is InChI=1S/C18H21N5S/c1-12-16(24-13(2)23-12)11-22-18(19-3)21-10-15-7-4-6-14-8-5-9-20-17(14)15/h4-9H,10-11H2,1-3H3,(H2,19,21,22). The lowest BCUT2D eigenvalue weighted by Gasteiger charge is -2.12. The molecule has 0 fully saturated rings. The van der Waals surface area contributed by atoms with Gasteiger partial charge in [-0.05, 0) is 25.5 Å². The SMILES string of the molecule is CN=C(NCc1sc(C)nc1C)NCc1cccc2cccnc12. The van der Waals surface area contributed by atoms with Gasteiger partial charge < -0.3 is 10.6 Å². The van der Waals surface area contributed by atoms with Gasteiger partial charge in [-0.3, -0.25) is 9.98 Å². The number of hydrogen-bond acceptors (Lipinski definition) is 4. The van der Waals surface area contributed by atoms with E-state index in [0.29, 0.717) is 6.54 Å². The predicted molar refractivity (Wildman–Crippen MR) is 100 cm³/mol. The molecule has 0 aliphatic heterocycles. The normalized spacial score (nSPS) is 11.7. The Balaban J connectivity index is 1.64. The van der Waals surface area contributed by atoms with Crippen LogP contribution in [0, 0.1) is 13.8 Å². The van der Waals surface area contributed by atoms with E-state index in [1.807, 2.05) is 26.1 Å². The van der Waals surface area contributed by atoms with Crippen LogP contribution in [-0.4, -0.2) is 23.0 Å². The molecule has 0 atom stereocenters. The monoisotopic (exact) mass is 339 g/mol. The molecule has 5 nitrogen and oxygen atoms in total. The first-order chi connectivity index (χ1) is 11.7. The van der Waals surface area contributed by atoms with Crippen molar-refractivity contribution in [2.24, 2.45) is 4.99 Å². The van der Waals surface area contributed by atoms with Crippen LogP contribution in [0.5, 0.6) is 0 Å². The highest BCUT2D eigenvalue weighted by atomic mass is 32.1. The van der Waals surface area contributed by atoms with Gasteiger partial charge in [0.1, 0.15) is 0 Å². The van der Waals surface area contributed by atoms with E-state index in [1.54, 1.807) is 18.4 Å². The van der Waals surface area contributed by atoms with Gasteiger partial charge in [0, 0.05) is 30.1 Å². The van der Waals surface area contributed by atoms with Crippen molar-refractivity contribution in [3.63, 3.8) is 0 Å². The van der Waals surface area contributed by atoms with Crippen LogP contribution < -0.4 is 10.6 Å². The van der Waals surface area contributed by atoms with E-state index in [9.17, 15) is 0 Å². The lowest BCUT2D eigenvalue weighted by atomic mass is 10.1. The summed E-state index contributed by atoms with van der Waals surface area (Å²) in [7, 11) is 1.78. The Morgan fingerprint density at radius 3 is 2.67 bits per heavy atom. The summed E-state index contributed by atoms with van der Waals surface area (Å²) < 4.78 is 0. The maximum Gasteiger partial charge on any atom is 0.191 e. The molecule has 24 heavy (non-hydrogen) atoms. The third-order valence-electron chi connectivity index (χ3n) is 3.80. The van der Waals surface area contributed by atoms with E-state index in [-0.39, 0.29) is 0 Å². The van der Waals surface area contributed by atoms with Gasteiger partial charge in [0.2, 0.25) is 0 Å². The average molecular weight is 339 g/mol. The minimum absolute atomic E-state index is 0.675. The molecule has 0 aliphatic carbocycles. The zero-order chi connectivity index (χ0) is 16.9. The fraction of sp³-hybridized carbons (Fsp3) is 0.278. The van der Waals surface area contributed by atoms with Gasteiger partial charge >= 0.3 is 0 Å². The number of aryl methyl sites for hydroxylation is 2. The summed E-state index contributed by atoms with van der Waals surface area (Å²) in [6.07, 6.45) is 1.83. The summed E-state index contributed by atoms with van der Waals surface area (Å²) in [6, 6.07) is 10.3. The van der Waals surface area contributed by atoms with Gasteiger partial charge in [-0.1, -0.05) is 24.3 Å². The molecule has 124 valence electrons. The van der Waals surface area contributed by atoms with Crippen LogP contribution in [0.2, 0.25) is 0 Å². The topological polar surface area (TPSA) is 62.2 Å². The molecular weight excluding hydrogens is 318 g/mol. The summed E-state index contributed by atoms with van der Waals surface area (Å²) in [6.45, 7) is 5.47. The zero-order valence-corrected chi connectivity index (χ0v) is 14.9. The van der Waals surface area contributed by atoms with Gasteiger partial charge in [-0.25, -0.2) is 4.98 Å². The van der Waals surface area contributed by atoms with Crippen molar-refractivity contribution in [2.75, 3.05) is 7.05 Å². The minimum atomic E-state index is 0.675. The minimum Gasteiger partial charge on any atom is -0.352 e. The van der Waals surface area contributed by atoms with Gasteiger partial charge in [-0.2, -0.15) is 0 Å². The van der Waals surface area contributed by atoms with Crippen molar-refractivity contribution in [2.45, 2.75) is 26.9 Å². The first kappa shape index (κ1) is 16.4. The molecule has 0 unspecified atom stereocenters. The third-order valence-corrected chi connectivity index (χ3v) is 4.88. The number of nitrogens with one attached hydrogen (secondary N) is 2. The van der Waals surface area contributed by atoms with Crippen molar-refractivity contribution >= 4 is 28.2 Å². The van der Waals surface area contributed by atoms with Crippen LogP contribution in [0.3, 0.4) is 0 Å². The van der Waals surface area contributed by atoms with Gasteiger partial charge in [-0.15, -0.1) is 11.3 Å². The number of para-hydroxylation sites is 1. The molecule has 3 rings (SSSR count). The molecule has 2 N–H and O–H groups in total. The van der Waals surface area contributed by atoms with Crippen molar-refractivity contribution in [1.82, 2.24) is 20.6 Å². The van der Waals surface area contributed by atoms with E-state index in [4.69, 9.17) is 0 Å². The summed E-state index contributed by atoms with van der Waals surface area (Å²) in [5.74, 6) is 0.772. The molecule has 0 amide bonds. The fourth-order valence-electron chi connectivity index (χ4n) is 2.61. The van der Waals surface area contributed by atoms with Crippen LogP contribution in [0.4, 0.5) is 0 Å². The number of benzene rings is 1. The van der Waals surface area contributed by atoms with Gasteiger partial charge in [0.05, 0.1) is 22.8 Å².